The van der Waals surface area contributed by atoms with Gasteiger partial charge in [-0.1, -0.05) is 12.1 Å². The summed E-state index contributed by atoms with van der Waals surface area (Å²) in [6, 6.07) is 5.33. The molecule has 0 unspecified atom stereocenters. The molecule has 0 amide bonds. The molecule has 0 bridgehead atoms. The van der Waals surface area contributed by atoms with E-state index in [1.165, 1.54) is 12.1 Å². The first-order valence-corrected chi connectivity index (χ1v) is 4.79. The smallest absolute Gasteiger partial charge is 0.354 e. The van der Waals surface area contributed by atoms with E-state index in [1.54, 1.807) is 6.07 Å². The highest BCUT2D eigenvalue weighted by Crippen LogP contribution is 2.34. The number of hydrogen-bond acceptors (Lipinski definition) is 3. The van der Waals surface area contributed by atoms with Crippen molar-refractivity contribution in [2.45, 2.75) is 6.18 Å². The first kappa shape index (κ1) is 10.8. The molecule has 0 saturated carbocycles. The second kappa shape index (κ2) is 4.03. The molecule has 0 aliphatic carbocycles. The average molecular weight is 229 g/mol. The number of anilines is 1. The zero-order chi connectivity index (χ0) is 11.6. The Morgan fingerprint density at radius 1 is 1.25 bits per heavy atom. The van der Waals surface area contributed by atoms with Crippen LogP contribution in [-0.2, 0) is 6.18 Å². The van der Waals surface area contributed by atoms with Gasteiger partial charge in [0.05, 0.1) is 17.8 Å². The third kappa shape index (κ3) is 2.26. The van der Waals surface area contributed by atoms with Crippen molar-refractivity contribution in [3.63, 3.8) is 0 Å². The van der Waals surface area contributed by atoms with Crippen molar-refractivity contribution in [3.8, 4) is 0 Å². The van der Waals surface area contributed by atoms with Crippen LogP contribution in [0.5, 0.6) is 0 Å². The first-order valence-electron chi connectivity index (χ1n) is 4.79. The maximum atomic E-state index is 12.6. The highest BCUT2D eigenvalue weighted by molar-refractivity contribution is 5.95. The van der Waals surface area contributed by atoms with Gasteiger partial charge in [-0.15, -0.1) is 0 Å². The molecule has 0 saturated heterocycles. The van der Waals surface area contributed by atoms with E-state index in [1.807, 2.05) is 0 Å². The number of nitrogens with zero attached hydrogens (tertiary/aromatic N) is 1. The SMILES string of the molecule is FC(F)(F)c1ccccc1NC1=NCCN1. The molecular formula is C10H10F3N3. The Bertz CT molecular complexity index is 412. The quantitative estimate of drug-likeness (QED) is 0.773. The van der Waals surface area contributed by atoms with Crippen LogP contribution in [-0.4, -0.2) is 19.0 Å². The molecule has 0 fully saturated rings. The summed E-state index contributed by atoms with van der Waals surface area (Å²) >= 11 is 0. The van der Waals surface area contributed by atoms with Gasteiger partial charge >= 0.3 is 6.18 Å². The maximum Gasteiger partial charge on any atom is 0.418 e. The Kier molecular flexibility index (Phi) is 2.72. The van der Waals surface area contributed by atoms with Gasteiger partial charge in [0, 0.05) is 6.54 Å². The van der Waals surface area contributed by atoms with E-state index in [0.717, 1.165) is 6.07 Å². The minimum Gasteiger partial charge on any atom is -0.354 e. The highest BCUT2D eigenvalue weighted by atomic mass is 19.4. The minimum absolute atomic E-state index is 0.0168. The summed E-state index contributed by atoms with van der Waals surface area (Å²) < 4.78 is 37.9. The van der Waals surface area contributed by atoms with Gasteiger partial charge < -0.3 is 10.6 Å². The van der Waals surface area contributed by atoms with Crippen LogP contribution < -0.4 is 10.6 Å². The normalized spacial score (nSPS) is 15.6. The fourth-order valence-electron chi connectivity index (χ4n) is 1.45. The van der Waals surface area contributed by atoms with E-state index < -0.39 is 11.7 Å². The van der Waals surface area contributed by atoms with Crippen LogP contribution in [0, 0.1) is 0 Å². The Hall–Kier alpha value is -1.72. The van der Waals surface area contributed by atoms with Crippen molar-refractivity contribution in [1.82, 2.24) is 5.32 Å². The summed E-state index contributed by atoms with van der Waals surface area (Å²) in [5.74, 6) is 0.386. The van der Waals surface area contributed by atoms with Crippen molar-refractivity contribution >= 4 is 11.6 Å². The second-order valence-corrected chi connectivity index (χ2v) is 3.33. The molecule has 1 aromatic carbocycles. The number of aliphatic imine (C=N–C) groups is 1. The lowest BCUT2D eigenvalue weighted by atomic mass is 10.1. The Labute approximate surface area is 90.4 Å². The molecule has 1 aromatic rings. The monoisotopic (exact) mass is 229 g/mol. The van der Waals surface area contributed by atoms with Crippen LogP contribution in [0.1, 0.15) is 5.56 Å². The van der Waals surface area contributed by atoms with E-state index in [9.17, 15) is 13.2 Å². The molecule has 0 radical (unpaired) electrons. The lowest BCUT2D eigenvalue weighted by molar-refractivity contribution is -0.136. The standard InChI is InChI=1S/C10H10F3N3/c11-10(12,13)7-3-1-2-4-8(7)16-9-14-5-6-15-9/h1-4H,5-6H2,(H2,14,15,16). The third-order valence-electron chi connectivity index (χ3n) is 2.16. The van der Waals surface area contributed by atoms with Crippen LogP contribution in [0.25, 0.3) is 0 Å². The Morgan fingerprint density at radius 2 is 2.00 bits per heavy atom. The molecule has 86 valence electrons. The number of hydrogen-bond donors (Lipinski definition) is 2. The highest BCUT2D eigenvalue weighted by Gasteiger charge is 2.33. The maximum absolute atomic E-state index is 12.6. The predicted octanol–water partition coefficient (Wildman–Crippen LogP) is 2.08. The lowest BCUT2D eigenvalue weighted by Gasteiger charge is -2.14. The summed E-state index contributed by atoms with van der Waals surface area (Å²) in [6.45, 7) is 1.23. The number of guanidine groups is 1. The fourth-order valence-corrected chi connectivity index (χ4v) is 1.45. The summed E-state index contributed by atoms with van der Waals surface area (Å²) in [5.41, 5.74) is -0.672. The molecule has 2 rings (SSSR count). The summed E-state index contributed by atoms with van der Waals surface area (Å²) in [6.07, 6.45) is -4.36. The van der Waals surface area contributed by atoms with Crippen molar-refractivity contribution in [3.05, 3.63) is 29.8 Å². The zero-order valence-corrected chi connectivity index (χ0v) is 8.30. The molecule has 0 aromatic heterocycles. The van der Waals surface area contributed by atoms with Gasteiger partial charge in [0.2, 0.25) is 0 Å². The van der Waals surface area contributed by atoms with Crippen LogP contribution in [0.15, 0.2) is 29.3 Å². The number of para-hydroxylation sites is 1. The number of halogens is 3. The van der Waals surface area contributed by atoms with Crippen LogP contribution in [0.3, 0.4) is 0 Å². The average Bonchev–Trinajstić information content (AvgIpc) is 2.70. The molecule has 2 N–H and O–H groups in total. The first-order chi connectivity index (χ1) is 7.57. The molecule has 1 aliphatic rings. The third-order valence-corrected chi connectivity index (χ3v) is 2.16. The molecule has 3 nitrogen and oxygen atoms in total. The molecule has 0 spiro atoms. The largest absolute Gasteiger partial charge is 0.418 e. The van der Waals surface area contributed by atoms with Crippen LogP contribution in [0.4, 0.5) is 18.9 Å². The van der Waals surface area contributed by atoms with Gasteiger partial charge in [0.1, 0.15) is 0 Å². The summed E-state index contributed by atoms with van der Waals surface area (Å²) in [7, 11) is 0. The number of alkyl halides is 3. The van der Waals surface area contributed by atoms with Gasteiger partial charge in [0.15, 0.2) is 5.96 Å². The van der Waals surface area contributed by atoms with Crippen molar-refractivity contribution in [2.24, 2.45) is 4.99 Å². The van der Waals surface area contributed by atoms with Crippen LogP contribution >= 0.6 is 0 Å². The topological polar surface area (TPSA) is 36.4 Å². The molecule has 16 heavy (non-hydrogen) atoms. The number of rotatable bonds is 1. The van der Waals surface area contributed by atoms with E-state index in [-0.39, 0.29) is 5.69 Å². The van der Waals surface area contributed by atoms with Crippen LogP contribution in [0.2, 0.25) is 0 Å². The molecule has 1 aliphatic heterocycles. The molecular weight excluding hydrogens is 219 g/mol. The van der Waals surface area contributed by atoms with E-state index in [2.05, 4.69) is 15.6 Å². The molecule has 0 atom stereocenters. The molecule has 1 heterocycles. The summed E-state index contributed by atoms with van der Waals surface area (Å²) in [5, 5.41) is 5.49. The predicted molar refractivity (Wildman–Crippen MR) is 55.4 cm³/mol. The van der Waals surface area contributed by atoms with E-state index in [0.29, 0.717) is 19.0 Å². The van der Waals surface area contributed by atoms with Gasteiger partial charge in [-0.05, 0) is 12.1 Å². The Balaban J connectivity index is 2.26. The lowest BCUT2D eigenvalue weighted by Crippen LogP contribution is -2.27. The van der Waals surface area contributed by atoms with Gasteiger partial charge in [0.25, 0.3) is 0 Å². The van der Waals surface area contributed by atoms with Crippen molar-refractivity contribution < 1.29 is 13.2 Å². The number of benzene rings is 1. The van der Waals surface area contributed by atoms with Gasteiger partial charge in [-0.2, -0.15) is 13.2 Å². The van der Waals surface area contributed by atoms with Gasteiger partial charge in [-0.25, -0.2) is 0 Å². The van der Waals surface area contributed by atoms with E-state index >= 15 is 0 Å². The van der Waals surface area contributed by atoms with Gasteiger partial charge in [-0.3, -0.25) is 4.99 Å². The van der Waals surface area contributed by atoms with E-state index in [4.69, 9.17) is 0 Å². The Morgan fingerprint density at radius 3 is 2.62 bits per heavy atom. The second-order valence-electron chi connectivity index (χ2n) is 3.33. The number of nitrogens with one attached hydrogen (secondary N) is 2. The molecule has 6 heteroatoms. The summed E-state index contributed by atoms with van der Waals surface area (Å²) in [4.78, 5) is 3.98. The van der Waals surface area contributed by atoms with Crippen molar-refractivity contribution in [2.75, 3.05) is 18.4 Å². The zero-order valence-electron chi connectivity index (χ0n) is 8.30. The van der Waals surface area contributed by atoms with Crippen molar-refractivity contribution in [1.29, 1.82) is 0 Å². The fraction of sp³-hybridized carbons (Fsp3) is 0.300. The minimum atomic E-state index is -4.36.